The van der Waals surface area contributed by atoms with E-state index >= 15 is 0 Å². The number of carbonyl (C=O) groups excluding carboxylic acids is 2. The molecule has 1 aromatic carbocycles. The molecule has 0 radical (unpaired) electrons. The molecule has 6 heteroatoms. The topological polar surface area (TPSA) is 61.4 Å². The highest BCUT2D eigenvalue weighted by molar-refractivity contribution is 7.99. The second-order valence-electron chi connectivity index (χ2n) is 5.70. The van der Waals surface area contributed by atoms with Crippen molar-refractivity contribution in [2.45, 2.75) is 19.8 Å². The van der Waals surface area contributed by atoms with Crippen LogP contribution in [0.5, 0.6) is 0 Å². The van der Waals surface area contributed by atoms with Crippen LogP contribution in [0.3, 0.4) is 0 Å². The molecule has 23 heavy (non-hydrogen) atoms. The molecular weight excluding hydrogens is 310 g/mol. The third kappa shape index (κ3) is 6.62. The summed E-state index contributed by atoms with van der Waals surface area (Å²) in [6.07, 6.45) is 1.40. The molecule has 0 unspecified atom stereocenters. The number of benzene rings is 1. The minimum Gasteiger partial charge on any atom is -0.340 e. The predicted octanol–water partition coefficient (Wildman–Crippen LogP) is 1.88. The van der Waals surface area contributed by atoms with Gasteiger partial charge in [-0.2, -0.15) is 11.8 Å². The zero-order valence-electron chi connectivity index (χ0n) is 13.6. The lowest BCUT2D eigenvalue weighted by molar-refractivity contribution is -0.131. The second kappa shape index (κ2) is 9.57. The molecule has 0 spiro atoms. The van der Waals surface area contributed by atoms with Gasteiger partial charge in [-0.3, -0.25) is 9.59 Å². The van der Waals surface area contributed by atoms with Crippen LogP contribution in [-0.2, 0) is 9.59 Å². The smallest absolute Gasteiger partial charge is 0.234 e. The van der Waals surface area contributed by atoms with Crippen LogP contribution in [0.25, 0.3) is 0 Å². The molecule has 0 bridgehead atoms. The number of hydrogen-bond donors (Lipinski definition) is 2. The highest BCUT2D eigenvalue weighted by Gasteiger charge is 2.15. The van der Waals surface area contributed by atoms with Gasteiger partial charge < -0.3 is 15.5 Å². The van der Waals surface area contributed by atoms with E-state index in [2.05, 4.69) is 10.6 Å². The first kappa shape index (κ1) is 17.8. The predicted molar refractivity (Wildman–Crippen MR) is 95.8 cm³/mol. The van der Waals surface area contributed by atoms with Crippen LogP contribution >= 0.6 is 11.8 Å². The van der Waals surface area contributed by atoms with Gasteiger partial charge in [0.05, 0.1) is 5.75 Å². The summed E-state index contributed by atoms with van der Waals surface area (Å²) in [6.45, 7) is 5.42. The van der Waals surface area contributed by atoms with E-state index in [1.54, 1.807) is 11.8 Å². The van der Waals surface area contributed by atoms with Crippen LogP contribution in [0.4, 0.5) is 5.69 Å². The molecule has 0 aliphatic carbocycles. The number of amides is 2. The largest absolute Gasteiger partial charge is 0.340 e. The minimum absolute atomic E-state index is 0.00674. The molecule has 0 atom stereocenters. The molecule has 1 fully saturated rings. The van der Waals surface area contributed by atoms with E-state index in [-0.39, 0.29) is 11.8 Å². The number of piperazine rings is 1. The standard InChI is InChI=1S/C17H25N3O2S/c1-14-4-6-15(7-5-14)19-16(21)13-23-12-2-3-17(22)20-10-8-18-9-11-20/h4-7,18H,2-3,8-13H2,1H3,(H,19,21). The number of anilines is 1. The number of rotatable bonds is 7. The lowest BCUT2D eigenvalue weighted by atomic mass is 10.2. The van der Waals surface area contributed by atoms with Crippen LogP contribution in [0.15, 0.2) is 24.3 Å². The Morgan fingerprint density at radius 2 is 1.91 bits per heavy atom. The van der Waals surface area contributed by atoms with E-state index < -0.39 is 0 Å². The van der Waals surface area contributed by atoms with E-state index in [1.807, 2.05) is 36.1 Å². The van der Waals surface area contributed by atoms with Crippen molar-refractivity contribution in [2.24, 2.45) is 0 Å². The first-order valence-corrected chi connectivity index (χ1v) is 9.23. The minimum atomic E-state index is 0.00674. The maximum Gasteiger partial charge on any atom is 0.234 e. The normalized spacial score (nSPS) is 14.6. The first-order valence-electron chi connectivity index (χ1n) is 8.08. The van der Waals surface area contributed by atoms with Crippen molar-refractivity contribution in [3.05, 3.63) is 29.8 Å². The van der Waals surface area contributed by atoms with Crippen molar-refractivity contribution in [3.8, 4) is 0 Å². The quantitative estimate of drug-likeness (QED) is 0.747. The van der Waals surface area contributed by atoms with Gasteiger partial charge in [-0.15, -0.1) is 0 Å². The Bertz CT molecular complexity index is 513. The molecule has 1 heterocycles. The molecule has 1 aromatic rings. The highest BCUT2D eigenvalue weighted by Crippen LogP contribution is 2.11. The Labute approximate surface area is 142 Å². The zero-order chi connectivity index (χ0) is 16.5. The van der Waals surface area contributed by atoms with Crippen molar-refractivity contribution in [2.75, 3.05) is 43.0 Å². The van der Waals surface area contributed by atoms with Gasteiger partial charge >= 0.3 is 0 Å². The molecule has 2 amide bonds. The number of hydrogen-bond acceptors (Lipinski definition) is 4. The summed E-state index contributed by atoms with van der Waals surface area (Å²) in [5.41, 5.74) is 2.00. The second-order valence-corrected chi connectivity index (χ2v) is 6.81. The van der Waals surface area contributed by atoms with Crippen LogP contribution < -0.4 is 10.6 Å². The van der Waals surface area contributed by atoms with Gasteiger partial charge in [-0.1, -0.05) is 17.7 Å². The molecule has 1 saturated heterocycles. The van der Waals surface area contributed by atoms with E-state index in [0.717, 1.165) is 44.0 Å². The SMILES string of the molecule is Cc1ccc(NC(=O)CSCCCC(=O)N2CCNCC2)cc1. The summed E-state index contributed by atoms with van der Waals surface area (Å²) in [5.74, 6) is 1.50. The van der Waals surface area contributed by atoms with Gasteiger partial charge in [0.15, 0.2) is 0 Å². The van der Waals surface area contributed by atoms with Crippen molar-refractivity contribution < 1.29 is 9.59 Å². The molecular formula is C17H25N3O2S. The van der Waals surface area contributed by atoms with E-state index in [0.29, 0.717) is 12.2 Å². The Hall–Kier alpha value is -1.53. The molecule has 0 aromatic heterocycles. The van der Waals surface area contributed by atoms with Crippen LogP contribution in [-0.4, -0.2) is 54.4 Å². The molecule has 5 nitrogen and oxygen atoms in total. The Balaban J connectivity index is 1.55. The number of aryl methyl sites for hydroxylation is 1. The summed E-state index contributed by atoms with van der Waals surface area (Å²) in [5, 5.41) is 6.12. The van der Waals surface area contributed by atoms with Crippen LogP contribution in [0.2, 0.25) is 0 Å². The first-order chi connectivity index (χ1) is 11.1. The Morgan fingerprint density at radius 3 is 2.61 bits per heavy atom. The van der Waals surface area contributed by atoms with Gasteiger partial charge in [-0.25, -0.2) is 0 Å². The summed E-state index contributed by atoms with van der Waals surface area (Å²) in [4.78, 5) is 25.7. The summed E-state index contributed by atoms with van der Waals surface area (Å²) in [7, 11) is 0. The average molecular weight is 335 g/mol. The van der Waals surface area contributed by atoms with Gasteiger partial charge in [0.25, 0.3) is 0 Å². The van der Waals surface area contributed by atoms with Gasteiger partial charge in [0.1, 0.15) is 0 Å². The molecule has 1 aliphatic heterocycles. The Kier molecular flexibility index (Phi) is 7.42. The third-order valence-corrected chi connectivity index (χ3v) is 4.76. The maximum atomic E-state index is 12.0. The van der Waals surface area contributed by atoms with E-state index in [4.69, 9.17) is 0 Å². The van der Waals surface area contributed by atoms with Crippen molar-refractivity contribution in [1.82, 2.24) is 10.2 Å². The van der Waals surface area contributed by atoms with Crippen LogP contribution in [0.1, 0.15) is 18.4 Å². The molecule has 2 rings (SSSR count). The molecule has 126 valence electrons. The average Bonchev–Trinajstić information content (AvgIpc) is 2.57. The van der Waals surface area contributed by atoms with E-state index in [1.165, 1.54) is 5.56 Å². The number of carbonyl (C=O) groups is 2. The maximum absolute atomic E-state index is 12.0. The van der Waals surface area contributed by atoms with Gasteiger partial charge in [0, 0.05) is 38.3 Å². The van der Waals surface area contributed by atoms with Crippen molar-refractivity contribution >= 4 is 29.3 Å². The fraction of sp³-hybridized carbons (Fsp3) is 0.529. The van der Waals surface area contributed by atoms with Gasteiger partial charge in [-0.05, 0) is 31.2 Å². The molecule has 0 saturated carbocycles. The number of thioether (sulfide) groups is 1. The lowest BCUT2D eigenvalue weighted by Gasteiger charge is -2.27. The van der Waals surface area contributed by atoms with E-state index in [9.17, 15) is 9.59 Å². The fourth-order valence-corrected chi connectivity index (χ4v) is 3.15. The lowest BCUT2D eigenvalue weighted by Crippen LogP contribution is -2.46. The summed E-state index contributed by atoms with van der Waals surface area (Å²) < 4.78 is 0. The van der Waals surface area contributed by atoms with Crippen LogP contribution in [0, 0.1) is 6.92 Å². The monoisotopic (exact) mass is 335 g/mol. The fourth-order valence-electron chi connectivity index (χ4n) is 2.40. The Morgan fingerprint density at radius 1 is 1.22 bits per heavy atom. The van der Waals surface area contributed by atoms with Gasteiger partial charge in [0.2, 0.25) is 11.8 Å². The van der Waals surface area contributed by atoms with Crippen molar-refractivity contribution in [1.29, 1.82) is 0 Å². The molecule has 2 N–H and O–H groups in total. The number of nitrogens with zero attached hydrogens (tertiary/aromatic N) is 1. The molecule has 1 aliphatic rings. The summed E-state index contributed by atoms with van der Waals surface area (Å²) >= 11 is 1.58. The van der Waals surface area contributed by atoms with Crippen molar-refractivity contribution in [3.63, 3.8) is 0 Å². The third-order valence-electron chi connectivity index (χ3n) is 3.72. The number of nitrogens with one attached hydrogen (secondary N) is 2. The zero-order valence-corrected chi connectivity index (χ0v) is 14.5. The summed E-state index contributed by atoms with van der Waals surface area (Å²) in [6, 6.07) is 7.77. The highest BCUT2D eigenvalue weighted by atomic mass is 32.2.